The zero-order chi connectivity index (χ0) is 31.1. The average Bonchev–Trinajstić information content (AvgIpc) is 3.07. The predicted molar refractivity (Wildman–Crippen MR) is 192 cm³/mol. The Balaban J connectivity index is 1.40. The van der Waals surface area contributed by atoms with Crippen molar-refractivity contribution >= 4 is 0 Å². The van der Waals surface area contributed by atoms with E-state index < -0.39 is 0 Å². The van der Waals surface area contributed by atoms with Gasteiger partial charge in [0.15, 0.2) is 0 Å². The van der Waals surface area contributed by atoms with E-state index in [-0.39, 0.29) is 6.10 Å². The zero-order valence-corrected chi connectivity index (χ0v) is 28.5. The molecule has 1 unspecified atom stereocenters. The summed E-state index contributed by atoms with van der Waals surface area (Å²) in [6.45, 7) is 8.39. The number of rotatable bonds is 25. The maximum atomic E-state index is 6.19. The fourth-order valence-electron chi connectivity index (χ4n) is 6.02. The quantitative estimate of drug-likeness (QED) is 0.0903. The number of ether oxygens (including phenoxy) is 2. The Morgan fingerprint density at radius 1 is 0.455 bits per heavy atom. The third-order valence-electron chi connectivity index (χ3n) is 8.92. The highest BCUT2D eigenvalue weighted by Crippen LogP contribution is 2.34. The Labute approximate surface area is 271 Å². The summed E-state index contributed by atoms with van der Waals surface area (Å²) in [6, 6.07) is 26.3. The van der Waals surface area contributed by atoms with Crippen LogP contribution in [0.4, 0.5) is 0 Å². The van der Waals surface area contributed by atoms with Crippen molar-refractivity contribution in [1.29, 1.82) is 0 Å². The van der Waals surface area contributed by atoms with Crippen LogP contribution < -0.4 is 4.74 Å². The van der Waals surface area contributed by atoms with Gasteiger partial charge >= 0.3 is 0 Å². The molecule has 0 saturated heterocycles. The summed E-state index contributed by atoms with van der Waals surface area (Å²) in [6.07, 6.45) is 24.2. The fraction of sp³-hybridized carbons (Fsp3) is 0.571. The van der Waals surface area contributed by atoms with Gasteiger partial charge in [0.2, 0.25) is 0 Å². The molecule has 0 saturated carbocycles. The van der Waals surface area contributed by atoms with Crippen molar-refractivity contribution in [1.82, 2.24) is 0 Å². The molecule has 2 heteroatoms. The highest BCUT2D eigenvalue weighted by molar-refractivity contribution is 5.83. The fourth-order valence-corrected chi connectivity index (χ4v) is 6.02. The number of hydrogen-bond acceptors (Lipinski definition) is 2. The van der Waals surface area contributed by atoms with Crippen molar-refractivity contribution in [3.63, 3.8) is 0 Å². The van der Waals surface area contributed by atoms with Crippen LogP contribution in [0.3, 0.4) is 0 Å². The van der Waals surface area contributed by atoms with Crippen LogP contribution in [0.2, 0.25) is 0 Å². The molecule has 0 aromatic heterocycles. The SMILES string of the molecule is CCCCCCCCCCCOc1ccc(-c2ccccc2-c2ccc(C(C)OCCCCCCCCCCC)cc2)cc1. The minimum absolute atomic E-state index is 0.122. The molecular weight excluding hydrogens is 536 g/mol. The average molecular weight is 599 g/mol. The Morgan fingerprint density at radius 3 is 1.34 bits per heavy atom. The van der Waals surface area contributed by atoms with Crippen molar-refractivity contribution in [3.05, 3.63) is 78.4 Å². The molecule has 0 bridgehead atoms. The topological polar surface area (TPSA) is 18.5 Å². The van der Waals surface area contributed by atoms with Gasteiger partial charge in [-0.3, -0.25) is 0 Å². The minimum atomic E-state index is 0.122. The molecule has 1 atom stereocenters. The standard InChI is InChI=1S/C42H62O2/c1-4-6-8-10-12-14-16-18-22-34-43-36(3)37-26-28-38(29-27-37)41-24-20-21-25-42(41)39-30-32-40(33-31-39)44-35-23-19-17-15-13-11-9-7-5-2/h20-21,24-33,36H,4-19,22-23,34-35H2,1-3H3. The largest absolute Gasteiger partial charge is 0.494 e. The van der Waals surface area contributed by atoms with E-state index in [0.717, 1.165) is 31.8 Å². The first kappa shape index (κ1) is 35.9. The van der Waals surface area contributed by atoms with E-state index in [0.29, 0.717) is 0 Å². The van der Waals surface area contributed by atoms with Gasteiger partial charge in [0, 0.05) is 6.61 Å². The third-order valence-corrected chi connectivity index (χ3v) is 8.92. The molecule has 3 rings (SSSR count). The second-order valence-electron chi connectivity index (χ2n) is 12.7. The normalized spacial score (nSPS) is 12.0. The summed E-state index contributed by atoms with van der Waals surface area (Å²) in [5.41, 5.74) is 6.21. The summed E-state index contributed by atoms with van der Waals surface area (Å²) in [7, 11) is 0. The van der Waals surface area contributed by atoms with Gasteiger partial charge in [0.05, 0.1) is 12.7 Å². The highest BCUT2D eigenvalue weighted by Gasteiger charge is 2.10. The van der Waals surface area contributed by atoms with Crippen molar-refractivity contribution in [3.8, 4) is 28.0 Å². The molecular formula is C42H62O2. The molecule has 0 spiro atoms. The molecule has 0 fully saturated rings. The van der Waals surface area contributed by atoms with Gasteiger partial charge in [-0.25, -0.2) is 0 Å². The minimum Gasteiger partial charge on any atom is -0.494 e. The van der Waals surface area contributed by atoms with E-state index in [1.165, 1.54) is 131 Å². The van der Waals surface area contributed by atoms with Crippen LogP contribution in [0, 0.1) is 0 Å². The molecule has 3 aromatic carbocycles. The van der Waals surface area contributed by atoms with Gasteiger partial charge in [-0.2, -0.15) is 0 Å². The summed E-state index contributed by atoms with van der Waals surface area (Å²) in [5.74, 6) is 0.964. The van der Waals surface area contributed by atoms with E-state index >= 15 is 0 Å². The van der Waals surface area contributed by atoms with Gasteiger partial charge in [-0.15, -0.1) is 0 Å². The van der Waals surface area contributed by atoms with E-state index in [9.17, 15) is 0 Å². The number of benzene rings is 3. The smallest absolute Gasteiger partial charge is 0.119 e. The van der Waals surface area contributed by atoms with Crippen molar-refractivity contribution in [2.75, 3.05) is 13.2 Å². The molecule has 0 radical (unpaired) electrons. The monoisotopic (exact) mass is 598 g/mol. The summed E-state index contributed by atoms with van der Waals surface area (Å²) in [5, 5.41) is 0. The van der Waals surface area contributed by atoms with Crippen LogP contribution in [-0.2, 0) is 4.74 Å². The molecule has 0 amide bonds. The number of unbranched alkanes of at least 4 members (excludes halogenated alkanes) is 16. The van der Waals surface area contributed by atoms with Crippen LogP contribution in [0.15, 0.2) is 72.8 Å². The first-order valence-corrected chi connectivity index (χ1v) is 18.3. The Kier molecular flexibility index (Phi) is 18.6. The lowest BCUT2D eigenvalue weighted by Crippen LogP contribution is -2.02. The molecule has 0 aliphatic carbocycles. The van der Waals surface area contributed by atoms with Gasteiger partial charge < -0.3 is 9.47 Å². The zero-order valence-electron chi connectivity index (χ0n) is 28.5. The molecule has 0 aliphatic rings. The van der Waals surface area contributed by atoms with E-state index in [1.807, 2.05) is 0 Å². The lowest BCUT2D eigenvalue weighted by atomic mass is 9.94. The highest BCUT2D eigenvalue weighted by atomic mass is 16.5. The van der Waals surface area contributed by atoms with Crippen LogP contribution in [0.1, 0.15) is 148 Å². The maximum Gasteiger partial charge on any atom is 0.119 e. The molecule has 0 heterocycles. The van der Waals surface area contributed by atoms with Crippen LogP contribution >= 0.6 is 0 Å². The second kappa shape index (κ2) is 22.9. The lowest BCUT2D eigenvalue weighted by molar-refractivity contribution is 0.0627. The van der Waals surface area contributed by atoms with Crippen LogP contribution in [0.25, 0.3) is 22.3 Å². The van der Waals surface area contributed by atoms with Crippen molar-refractivity contribution in [2.45, 2.75) is 142 Å². The first-order chi connectivity index (χ1) is 21.7. The molecule has 242 valence electrons. The van der Waals surface area contributed by atoms with Gasteiger partial charge in [0.25, 0.3) is 0 Å². The Hall–Kier alpha value is -2.58. The van der Waals surface area contributed by atoms with E-state index in [1.54, 1.807) is 0 Å². The molecule has 3 aromatic rings. The first-order valence-electron chi connectivity index (χ1n) is 18.3. The van der Waals surface area contributed by atoms with Gasteiger partial charge in [-0.1, -0.05) is 177 Å². The second-order valence-corrected chi connectivity index (χ2v) is 12.7. The van der Waals surface area contributed by atoms with Crippen molar-refractivity contribution < 1.29 is 9.47 Å². The number of hydrogen-bond donors (Lipinski definition) is 0. The molecule has 2 nitrogen and oxygen atoms in total. The van der Waals surface area contributed by atoms with E-state index in [2.05, 4.69) is 93.6 Å². The Morgan fingerprint density at radius 2 is 0.864 bits per heavy atom. The Bertz CT molecular complexity index is 1100. The third kappa shape index (κ3) is 14.0. The van der Waals surface area contributed by atoms with E-state index in [4.69, 9.17) is 9.47 Å². The van der Waals surface area contributed by atoms with Crippen molar-refractivity contribution in [2.24, 2.45) is 0 Å². The maximum absolute atomic E-state index is 6.19. The molecule has 0 aliphatic heterocycles. The molecule has 0 N–H and O–H groups in total. The molecule has 44 heavy (non-hydrogen) atoms. The summed E-state index contributed by atoms with van der Waals surface area (Å²) < 4.78 is 12.3. The lowest BCUT2D eigenvalue weighted by Gasteiger charge is -2.15. The van der Waals surface area contributed by atoms with Crippen LogP contribution in [-0.4, -0.2) is 13.2 Å². The van der Waals surface area contributed by atoms with Gasteiger partial charge in [-0.05, 0) is 59.7 Å². The van der Waals surface area contributed by atoms with Crippen LogP contribution in [0.5, 0.6) is 5.75 Å². The summed E-state index contributed by atoms with van der Waals surface area (Å²) >= 11 is 0. The predicted octanol–water partition coefficient (Wildman–Crippen LogP) is 13.5. The van der Waals surface area contributed by atoms with Gasteiger partial charge in [0.1, 0.15) is 5.75 Å². The summed E-state index contributed by atoms with van der Waals surface area (Å²) in [4.78, 5) is 0.